The molecule has 0 aromatic heterocycles. The van der Waals surface area contributed by atoms with Crippen molar-refractivity contribution in [3.8, 4) is 0 Å². The number of alkyl halides is 3. The average molecular weight is 310 g/mol. The molecule has 0 radical (unpaired) electrons. The van der Waals surface area contributed by atoms with Crippen LogP contribution in [-0.2, 0) is 10.9 Å². The molecule has 5 heteroatoms. The van der Waals surface area contributed by atoms with Crippen molar-refractivity contribution < 1.29 is 23.0 Å². The van der Waals surface area contributed by atoms with E-state index >= 15 is 0 Å². The van der Waals surface area contributed by atoms with Gasteiger partial charge in [0, 0.05) is 6.61 Å². The van der Waals surface area contributed by atoms with Gasteiger partial charge in [0.05, 0.1) is 12.2 Å². The van der Waals surface area contributed by atoms with Gasteiger partial charge in [-0.2, -0.15) is 13.2 Å². The van der Waals surface area contributed by atoms with Crippen LogP contribution in [0.5, 0.6) is 0 Å². The van der Waals surface area contributed by atoms with Crippen molar-refractivity contribution in [3.63, 3.8) is 0 Å². The van der Waals surface area contributed by atoms with Gasteiger partial charge < -0.3 is 9.84 Å². The van der Waals surface area contributed by atoms with E-state index in [2.05, 4.69) is 0 Å². The minimum atomic E-state index is -4.35. The van der Waals surface area contributed by atoms with Crippen LogP contribution in [0.4, 0.5) is 13.2 Å². The molecule has 118 valence electrons. The topological polar surface area (TPSA) is 29.5 Å². The molecule has 0 aliphatic carbocycles. The zero-order valence-electron chi connectivity index (χ0n) is 11.9. The third-order valence-corrected chi connectivity index (χ3v) is 3.23. The summed E-state index contributed by atoms with van der Waals surface area (Å²) in [5.41, 5.74) is 0.829. The van der Waals surface area contributed by atoms with Crippen LogP contribution in [0.3, 0.4) is 0 Å². The smallest absolute Gasteiger partial charge is 0.396 e. The fraction of sp³-hybridized carbons (Fsp3) is 0.294. The SMILES string of the molecule is OCCCOC(c1ccccc1)c1ccc(C(F)(F)F)cc1. The second-order valence-corrected chi connectivity index (χ2v) is 4.86. The molecule has 0 amide bonds. The van der Waals surface area contributed by atoms with E-state index in [0.29, 0.717) is 18.6 Å². The Kier molecular flexibility index (Phi) is 5.57. The van der Waals surface area contributed by atoms with Crippen LogP contribution in [-0.4, -0.2) is 18.3 Å². The fourth-order valence-electron chi connectivity index (χ4n) is 2.13. The first-order chi connectivity index (χ1) is 10.5. The quantitative estimate of drug-likeness (QED) is 0.811. The number of aliphatic hydroxyl groups is 1. The van der Waals surface area contributed by atoms with Crippen molar-refractivity contribution in [1.29, 1.82) is 0 Å². The maximum absolute atomic E-state index is 12.6. The van der Waals surface area contributed by atoms with Crippen LogP contribution in [0.1, 0.15) is 29.2 Å². The third kappa shape index (κ3) is 4.32. The monoisotopic (exact) mass is 310 g/mol. The molecule has 2 aromatic rings. The van der Waals surface area contributed by atoms with E-state index in [0.717, 1.165) is 17.7 Å². The summed E-state index contributed by atoms with van der Waals surface area (Å²) in [6.45, 7) is 0.339. The molecule has 0 aliphatic heterocycles. The molecule has 0 aliphatic rings. The number of halogens is 3. The number of hydrogen-bond donors (Lipinski definition) is 1. The second-order valence-electron chi connectivity index (χ2n) is 4.86. The van der Waals surface area contributed by atoms with Crippen LogP contribution in [0, 0.1) is 0 Å². The first-order valence-corrected chi connectivity index (χ1v) is 6.97. The molecule has 1 atom stereocenters. The Morgan fingerprint density at radius 1 is 0.909 bits per heavy atom. The normalized spacial score (nSPS) is 13.1. The Labute approximate surface area is 127 Å². The van der Waals surface area contributed by atoms with Crippen LogP contribution in [0.15, 0.2) is 54.6 Å². The van der Waals surface area contributed by atoms with E-state index in [9.17, 15) is 13.2 Å². The summed E-state index contributed by atoms with van der Waals surface area (Å²) in [6, 6.07) is 14.3. The molecule has 1 N–H and O–H groups in total. The van der Waals surface area contributed by atoms with Crippen molar-refractivity contribution in [1.82, 2.24) is 0 Å². The standard InChI is InChI=1S/C17H17F3O2/c18-17(19,20)15-9-7-14(8-10-15)16(22-12-4-11-21)13-5-2-1-3-6-13/h1-3,5-10,16,21H,4,11-12H2. The minimum absolute atomic E-state index is 0.00845. The number of rotatable bonds is 6. The molecular formula is C17H17F3O2. The molecule has 1 unspecified atom stereocenters. The van der Waals surface area contributed by atoms with Crippen molar-refractivity contribution in [2.45, 2.75) is 18.7 Å². The molecule has 2 aromatic carbocycles. The number of ether oxygens (including phenoxy) is 1. The van der Waals surface area contributed by atoms with Crippen LogP contribution < -0.4 is 0 Å². The molecule has 22 heavy (non-hydrogen) atoms. The molecule has 0 fully saturated rings. The van der Waals surface area contributed by atoms with Crippen LogP contribution >= 0.6 is 0 Å². The maximum atomic E-state index is 12.6. The predicted molar refractivity (Wildman–Crippen MR) is 77.4 cm³/mol. The highest BCUT2D eigenvalue weighted by Crippen LogP contribution is 2.32. The summed E-state index contributed by atoms with van der Waals surface area (Å²) in [6.07, 6.45) is -4.32. The van der Waals surface area contributed by atoms with Gasteiger partial charge in [0.2, 0.25) is 0 Å². The fourth-order valence-corrected chi connectivity index (χ4v) is 2.13. The lowest BCUT2D eigenvalue weighted by molar-refractivity contribution is -0.137. The first-order valence-electron chi connectivity index (χ1n) is 6.97. The van der Waals surface area contributed by atoms with Crippen LogP contribution in [0.2, 0.25) is 0 Å². The van der Waals surface area contributed by atoms with Gasteiger partial charge in [-0.25, -0.2) is 0 Å². The minimum Gasteiger partial charge on any atom is -0.396 e. The molecule has 0 saturated heterocycles. The van der Waals surface area contributed by atoms with Gasteiger partial charge in [0.15, 0.2) is 0 Å². The van der Waals surface area contributed by atoms with Crippen molar-refractivity contribution in [2.75, 3.05) is 13.2 Å². The summed E-state index contributed by atoms with van der Waals surface area (Å²) in [7, 11) is 0. The van der Waals surface area contributed by atoms with Gasteiger partial charge >= 0.3 is 6.18 Å². The molecular weight excluding hydrogens is 293 g/mol. The van der Waals surface area contributed by atoms with E-state index in [1.165, 1.54) is 12.1 Å². The van der Waals surface area contributed by atoms with Gasteiger partial charge in [-0.3, -0.25) is 0 Å². The highest BCUT2D eigenvalue weighted by molar-refractivity contribution is 5.33. The molecule has 0 spiro atoms. The Bertz CT molecular complexity index is 565. The highest BCUT2D eigenvalue weighted by Gasteiger charge is 2.30. The van der Waals surface area contributed by atoms with Crippen molar-refractivity contribution in [3.05, 3.63) is 71.3 Å². The van der Waals surface area contributed by atoms with E-state index in [1.807, 2.05) is 30.3 Å². The van der Waals surface area contributed by atoms with E-state index < -0.39 is 17.8 Å². The molecule has 0 saturated carbocycles. The van der Waals surface area contributed by atoms with Crippen molar-refractivity contribution >= 4 is 0 Å². The average Bonchev–Trinajstić information content (AvgIpc) is 2.52. The zero-order chi connectivity index (χ0) is 16.0. The summed E-state index contributed by atoms with van der Waals surface area (Å²) in [5.74, 6) is 0. The molecule has 2 nitrogen and oxygen atoms in total. The highest BCUT2D eigenvalue weighted by atomic mass is 19.4. The van der Waals surface area contributed by atoms with Gasteiger partial charge in [0.25, 0.3) is 0 Å². The molecule has 0 heterocycles. The third-order valence-electron chi connectivity index (χ3n) is 3.23. The molecule has 2 rings (SSSR count). The summed E-state index contributed by atoms with van der Waals surface area (Å²) in [4.78, 5) is 0. The summed E-state index contributed by atoms with van der Waals surface area (Å²) < 4.78 is 43.6. The van der Waals surface area contributed by atoms with Gasteiger partial charge in [-0.05, 0) is 29.7 Å². The maximum Gasteiger partial charge on any atom is 0.416 e. The van der Waals surface area contributed by atoms with E-state index in [4.69, 9.17) is 9.84 Å². The number of aliphatic hydroxyl groups excluding tert-OH is 1. The lowest BCUT2D eigenvalue weighted by atomic mass is 10.00. The Morgan fingerprint density at radius 3 is 2.05 bits per heavy atom. The van der Waals surface area contributed by atoms with E-state index in [1.54, 1.807) is 0 Å². The summed E-state index contributed by atoms with van der Waals surface area (Å²) in [5, 5.41) is 8.84. The Hall–Kier alpha value is -1.85. The van der Waals surface area contributed by atoms with Crippen LogP contribution in [0.25, 0.3) is 0 Å². The van der Waals surface area contributed by atoms with Crippen molar-refractivity contribution in [2.24, 2.45) is 0 Å². The lowest BCUT2D eigenvalue weighted by Gasteiger charge is -2.19. The molecule has 0 bridgehead atoms. The zero-order valence-corrected chi connectivity index (χ0v) is 11.9. The number of benzene rings is 2. The Balaban J connectivity index is 2.25. The predicted octanol–water partition coefficient (Wildman–Crippen LogP) is 4.19. The van der Waals surface area contributed by atoms with Gasteiger partial charge in [-0.15, -0.1) is 0 Å². The second kappa shape index (κ2) is 7.42. The van der Waals surface area contributed by atoms with Gasteiger partial charge in [0.1, 0.15) is 6.10 Å². The van der Waals surface area contributed by atoms with E-state index in [-0.39, 0.29) is 6.61 Å². The Morgan fingerprint density at radius 2 is 1.50 bits per heavy atom. The lowest BCUT2D eigenvalue weighted by Crippen LogP contribution is -2.10. The first kappa shape index (κ1) is 16.5. The summed E-state index contributed by atoms with van der Waals surface area (Å²) >= 11 is 0. The van der Waals surface area contributed by atoms with Gasteiger partial charge in [-0.1, -0.05) is 42.5 Å². The number of hydrogen-bond acceptors (Lipinski definition) is 2. The largest absolute Gasteiger partial charge is 0.416 e.